The SMILES string of the molecule is CC(C)c1ccccc1Oc1nc(N(C)C=O)c(C(=O)N(C)CCCON)n1Cc1ccccc1. The van der Waals surface area contributed by atoms with Crippen LogP contribution in [0, 0.1) is 0 Å². The molecule has 35 heavy (non-hydrogen) atoms. The molecule has 0 spiro atoms. The molecule has 0 saturated heterocycles. The Kier molecular flexibility index (Phi) is 8.99. The maximum atomic E-state index is 13.6. The van der Waals surface area contributed by atoms with Crippen LogP contribution in [0.2, 0.25) is 0 Å². The fourth-order valence-corrected chi connectivity index (χ4v) is 3.73. The third-order valence-electron chi connectivity index (χ3n) is 5.64. The molecule has 0 atom stereocenters. The van der Waals surface area contributed by atoms with Gasteiger partial charge in [0.2, 0.25) is 6.41 Å². The number of anilines is 1. The van der Waals surface area contributed by atoms with Crippen LogP contribution in [-0.4, -0.2) is 54.0 Å². The molecule has 3 rings (SSSR count). The molecule has 0 aliphatic carbocycles. The minimum Gasteiger partial charge on any atom is -0.425 e. The summed E-state index contributed by atoms with van der Waals surface area (Å²) in [5.41, 5.74) is 2.23. The average Bonchev–Trinajstić information content (AvgIpc) is 3.21. The first-order valence-electron chi connectivity index (χ1n) is 11.5. The van der Waals surface area contributed by atoms with Crippen LogP contribution in [0.4, 0.5) is 5.82 Å². The van der Waals surface area contributed by atoms with Crippen molar-refractivity contribution in [3.8, 4) is 11.8 Å². The van der Waals surface area contributed by atoms with E-state index < -0.39 is 0 Å². The predicted molar refractivity (Wildman–Crippen MR) is 135 cm³/mol. The number of hydrogen-bond acceptors (Lipinski definition) is 6. The number of imidazole rings is 1. The molecule has 0 fully saturated rings. The molecule has 9 nitrogen and oxygen atoms in total. The highest BCUT2D eigenvalue weighted by Crippen LogP contribution is 2.34. The molecule has 2 amide bonds. The van der Waals surface area contributed by atoms with Crippen LogP contribution in [-0.2, 0) is 16.2 Å². The van der Waals surface area contributed by atoms with Crippen LogP contribution < -0.4 is 15.5 Å². The molecule has 3 aromatic rings. The van der Waals surface area contributed by atoms with Gasteiger partial charge in [-0.3, -0.25) is 14.2 Å². The van der Waals surface area contributed by atoms with Crippen LogP contribution in [0.1, 0.15) is 47.8 Å². The average molecular weight is 480 g/mol. The van der Waals surface area contributed by atoms with Gasteiger partial charge in [-0.25, -0.2) is 5.90 Å². The summed E-state index contributed by atoms with van der Waals surface area (Å²) in [5.74, 6) is 5.92. The second-order valence-corrected chi connectivity index (χ2v) is 8.60. The van der Waals surface area contributed by atoms with Gasteiger partial charge in [0.25, 0.3) is 5.91 Å². The second-order valence-electron chi connectivity index (χ2n) is 8.60. The normalized spacial score (nSPS) is 10.9. The predicted octanol–water partition coefficient (Wildman–Crippen LogP) is 3.79. The molecular formula is C26H33N5O4. The lowest BCUT2D eigenvalue weighted by molar-refractivity contribution is -0.107. The molecule has 186 valence electrons. The van der Waals surface area contributed by atoms with Gasteiger partial charge in [-0.1, -0.05) is 62.4 Å². The summed E-state index contributed by atoms with van der Waals surface area (Å²) in [6, 6.07) is 17.7. The summed E-state index contributed by atoms with van der Waals surface area (Å²) in [6.45, 7) is 5.24. The first kappa shape index (κ1) is 25.9. The molecule has 1 heterocycles. The van der Waals surface area contributed by atoms with E-state index in [1.54, 1.807) is 23.6 Å². The van der Waals surface area contributed by atoms with Gasteiger partial charge in [0.05, 0.1) is 13.2 Å². The number of nitrogens with two attached hydrogens (primary N) is 1. The summed E-state index contributed by atoms with van der Waals surface area (Å²) in [5, 5.41) is 0. The largest absolute Gasteiger partial charge is 0.425 e. The maximum Gasteiger partial charge on any atom is 0.304 e. The highest BCUT2D eigenvalue weighted by Gasteiger charge is 2.29. The number of carbonyl (C=O) groups is 2. The van der Waals surface area contributed by atoms with E-state index in [1.807, 2.05) is 54.6 Å². The third kappa shape index (κ3) is 6.26. The van der Waals surface area contributed by atoms with Crippen LogP contribution in [0.3, 0.4) is 0 Å². The number of hydrogen-bond donors (Lipinski definition) is 1. The number of para-hydroxylation sites is 1. The van der Waals surface area contributed by atoms with Crippen molar-refractivity contribution >= 4 is 18.1 Å². The molecule has 9 heteroatoms. The van der Waals surface area contributed by atoms with Crippen molar-refractivity contribution in [1.82, 2.24) is 14.5 Å². The Labute approximate surface area is 206 Å². The van der Waals surface area contributed by atoms with E-state index >= 15 is 0 Å². The van der Waals surface area contributed by atoms with E-state index in [-0.39, 0.29) is 29.3 Å². The van der Waals surface area contributed by atoms with Crippen molar-refractivity contribution in [1.29, 1.82) is 0 Å². The van der Waals surface area contributed by atoms with E-state index in [0.717, 1.165) is 11.1 Å². The van der Waals surface area contributed by atoms with Gasteiger partial charge >= 0.3 is 6.01 Å². The van der Waals surface area contributed by atoms with E-state index in [4.69, 9.17) is 10.6 Å². The first-order chi connectivity index (χ1) is 16.9. The minimum atomic E-state index is -0.291. The molecule has 0 saturated carbocycles. The van der Waals surface area contributed by atoms with Crippen LogP contribution in [0.25, 0.3) is 0 Å². The molecule has 0 aliphatic rings. The van der Waals surface area contributed by atoms with Crippen LogP contribution in [0.15, 0.2) is 54.6 Å². The Morgan fingerprint density at radius 2 is 1.80 bits per heavy atom. The topological polar surface area (TPSA) is 103 Å². The van der Waals surface area contributed by atoms with Gasteiger partial charge in [-0.2, -0.15) is 4.98 Å². The van der Waals surface area contributed by atoms with Crippen LogP contribution in [0.5, 0.6) is 11.8 Å². The monoisotopic (exact) mass is 479 g/mol. The summed E-state index contributed by atoms with van der Waals surface area (Å²) in [6.07, 6.45) is 1.19. The Balaban J connectivity index is 2.13. The number of carbonyl (C=O) groups excluding carboxylic acids is 2. The number of rotatable bonds is 12. The fourth-order valence-electron chi connectivity index (χ4n) is 3.73. The highest BCUT2D eigenvalue weighted by atomic mass is 16.6. The van der Waals surface area contributed by atoms with Gasteiger partial charge in [0, 0.05) is 20.6 Å². The van der Waals surface area contributed by atoms with Crippen molar-refractivity contribution in [3.63, 3.8) is 0 Å². The number of nitrogens with zero attached hydrogens (tertiary/aromatic N) is 4. The van der Waals surface area contributed by atoms with Crippen molar-refractivity contribution in [2.75, 3.05) is 32.1 Å². The Bertz CT molecular complexity index is 1130. The van der Waals surface area contributed by atoms with Gasteiger partial charge < -0.3 is 19.4 Å². The Morgan fingerprint density at radius 3 is 2.46 bits per heavy atom. The maximum absolute atomic E-state index is 13.6. The van der Waals surface area contributed by atoms with E-state index in [2.05, 4.69) is 23.7 Å². The minimum absolute atomic E-state index is 0.220. The second kappa shape index (κ2) is 12.1. The van der Waals surface area contributed by atoms with Gasteiger partial charge in [0.15, 0.2) is 11.5 Å². The quantitative estimate of drug-likeness (QED) is 0.241. The molecule has 0 bridgehead atoms. The molecule has 1 aromatic heterocycles. The van der Waals surface area contributed by atoms with Crippen molar-refractivity contribution in [2.24, 2.45) is 5.90 Å². The molecule has 0 aliphatic heterocycles. The lowest BCUT2D eigenvalue weighted by atomic mass is 10.0. The van der Waals surface area contributed by atoms with Crippen molar-refractivity contribution in [3.05, 3.63) is 71.4 Å². The summed E-state index contributed by atoms with van der Waals surface area (Å²) in [7, 11) is 3.26. The smallest absolute Gasteiger partial charge is 0.304 e. The lowest BCUT2D eigenvalue weighted by Gasteiger charge is -2.20. The van der Waals surface area contributed by atoms with Crippen molar-refractivity contribution < 1.29 is 19.2 Å². The molecule has 0 unspecified atom stereocenters. The highest BCUT2D eigenvalue weighted by molar-refractivity contribution is 5.99. The zero-order chi connectivity index (χ0) is 25.4. The number of amides is 2. The summed E-state index contributed by atoms with van der Waals surface area (Å²) in [4.78, 5) is 37.4. The van der Waals surface area contributed by atoms with Crippen molar-refractivity contribution in [2.45, 2.75) is 32.7 Å². The van der Waals surface area contributed by atoms with E-state index in [0.29, 0.717) is 38.3 Å². The number of ether oxygens (including phenoxy) is 1. The zero-order valence-corrected chi connectivity index (χ0v) is 20.7. The van der Waals surface area contributed by atoms with Gasteiger partial charge in [-0.15, -0.1) is 0 Å². The molecule has 0 radical (unpaired) electrons. The number of benzene rings is 2. The third-order valence-corrected chi connectivity index (χ3v) is 5.64. The van der Waals surface area contributed by atoms with Gasteiger partial charge in [-0.05, 0) is 29.5 Å². The summed E-state index contributed by atoms with van der Waals surface area (Å²) < 4.78 is 8.04. The standard InChI is InChI=1S/C26H33N5O4/c1-19(2)21-13-8-9-14-22(21)35-26-28-24(30(4)18-32)23(25(33)29(3)15-10-16-34-27)31(26)17-20-11-6-5-7-12-20/h5-9,11-14,18-19H,10,15-17,27H2,1-4H3. The zero-order valence-electron chi connectivity index (χ0n) is 20.7. The van der Waals surface area contributed by atoms with Crippen LogP contribution >= 0.6 is 0 Å². The number of aromatic nitrogens is 2. The van der Waals surface area contributed by atoms with E-state index in [9.17, 15) is 9.59 Å². The first-order valence-corrected chi connectivity index (χ1v) is 11.5. The lowest BCUT2D eigenvalue weighted by Crippen LogP contribution is -2.32. The summed E-state index contributed by atoms with van der Waals surface area (Å²) >= 11 is 0. The Hall–Kier alpha value is -3.69. The van der Waals surface area contributed by atoms with Gasteiger partial charge in [0.1, 0.15) is 5.75 Å². The molecular weight excluding hydrogens is 446 g/mol. The van der Waals surface area contributed by atoms with E-state index in [1.165, 1.54) is 4.90 Å². The molecule has 2 aromatic carbocycles. The molecule has 2 N–H and O–H groups in total. The Morgan fingerprint density at radius 1 is 1.11 bits per heavy atom. The fraction of sp³-hybridized carbons (Fsp3) is 0.346.